The van der Waals surface area contributed by atoms with E-state index in [0.717, 1.165) is 11.1 Å². The molecule has 1 unspecified atom stereocenters. The van der Waals surface area contributed by atoms with Crippen LogP contribution in [0.25, 0.3) is 11.1 Å². The summed E-state index contributed by atoms with van der Waals surface area (Å²) in [5.41, 5.74) is 10.8. The second-order valence-corrected chi connectivity index (χ2v) is 9.04. The predicted molar refractivity (Wildman–Crippen MR) is 149 cm³/mol. The number of anilines is 3. The highest BCUT2D eigenvalue weighted by atomic mass is 32.1. The van der Waals surface area contributed by atoms with Crippen molar-refractivity contribution in [3.05, 3.63) is 101 Å². The zero-order valence-electron chi connectivity index (χ0n) is 20.2. The van der Waals surface area contributed by atoms with Gasteiger partial charge >= 0.3 is 6.03 Å². The van der Waals surface area contributed by atoms with Gasteiger partial charge in [-0.05, 0) is 69.9 Å². The number of thiophene rings is 1. The summed E-state index contributed by atoms with van der Waals surface area (Å²) >= 11 is 1.59. The molecule has 0 aliphatic carbocycles. The van der Waals surface area contributed by atoms with E-state index in [1.165, 1.54) is 7.05 Å². The lowest BCUT2D eigenvalue weighted by Gasteiger charge is -2.18. The third-order valence-corrected chi connectivity index (χ3v) is 6.47. The molecule has 0 aliphatic heterocycles. The first-order valence-electron chi connectivity index (χ1n) is 11.6. The third-order valence-electron chi connectivity index (χ3n) is 5.78. The van der Waals surface area contributed by atoms with Gasteiger partial charge in [-0.3, -0.25) is 9.59 Å². The fourth-order valence-corrected chi connectivity index (χ4v) is 4.40. The number of urea groups is 1. The summed E-state index contributed by atoms with van der Waals surface area (Å²) in [5.74, 6) is -1.28. The fourth-order valence-electron chi connectivity index (χ4n) is 3.73. The van der Waals surface area contributed by atoms with Crippen molar-refractivity contribution in [2.24, 2.45) is 0 Å². The van der Waals surface area contributed by atoms with E-state index in [-0.39, 0.29) is 18.4 Å². The first-order chi connectivity index (χ1) is 17.9. The van der Waals surface area contributed by atoms with Crippen LogP contribution in [0.1, 0.15) is 21.8 Å². The van der Waals surface area contributed by atoms with Gasteiger partial charge in [0.15, 0.2) is 0 Å². The molecule has 9 heteroatoms. The first-order valence-corrected chi connectivity index (χ1v) is 12.5. The van der Waals surface area contributed by atoms with E-state index in [0.29, 0.717) is 28.2 Å². The number of para-hydroxylation sites is 1. The molecule has 1 heterocycles. The number of carbonyl (C=O) groups excluding carboxylic acids is 3. The maximum atomic E-state index is 13.1. The van der Waals surface area contributed by atoms with Gasteiger partial charge in [0.25, 0.3) is 5.91 Å². The Morgan fingerprint density at radius 2 is 1.65 bits per heavy atom. The van der Waals surface area contributed by atoms with Crippen LogP contribution in [0.2, 0.25) is 0 Å². The van der Waals surface area contributed by atoms with Gasteiger partial charge in [0.2, 0.25) is 5.91 Å². The summed E-state index contributed by atoms with van der Waals surface area (Å²) in [5, 5.41) is 14.9. The quantitative estimate of drug-likeness (QED) is 0.215. The summed E-state index contributed by atoms with van der Waals surface area (Å²) in [6.07, 6.45) is 0. The number of nitrogens with two attached hydrogens (primary N) is 1. The van der Waals surface area contributed by atoms with Crippen molar-refractivity contribution in [3.63, 3.8) is 0 Å². The molecule has 0 bridgehead atoms. The van der Waals surface area contributed by atoms with Crippen LogP contribution >= 0.6 is 11.3 Å². The van der Waals surface area contributed by atoms with Crippen molar-refractivity contribution in [2.45, 2.75) is 5.92 Å². The predicted octanol–water partition coefficient (Wildman–Crippen LogP) is 4.90. The van der Waals surface area contributed by atoms with Crippen molar-refractivity contribution < 1.29 is 14.4 Å². The molecule has 0 spiro atoms. The van der Waals surface area contributed by atoms with Gasteiger partial charge in [-0.1, -0.05) is 36.4 Å². The molecule has 188 valence electrons. The molecule has 0 radical (unpaired) electrons. The normalized spacial score (nSPS) is 11.3. The van der Waals surface area contributed by atoms with E-state index < -0.39 is 11.9 Å². The van der Waals surface area contributed by atoms with Gasteiger partial charge in [-0.15, -0.1) is 0 Å². The minimum Gasteiger partial charge on any atom is -0.397 e. The molecule has 0 fully saturated rings. The summed E-state index contributed by atoms with van der Waals surface area (Å²) in [6.45, 7) is 0.0792. The molecule has 0 saturated heterocycles. The Labute approximate surface area is 218 Å². The highest BCUT2D eigenvalue weighted by Crippen LogP contribution is 2.29. The number of hydrogen-bond donors (Lipinski definition) is 5. The van der Waals surface area contributed by atoms with E-state index in [4.69, 9.17) is 5.73 Å². The zero-order valence-corrected chi connectivity index (χ0v) is 21.0. The molecule has 0 aliphatic rings. The molecule has 4 rings (SSSR count). The second-order valence-electron chi connectivity index (χ2n) is 8.26. The summed E-state index contributed by atoms with van der Waals surface area (Å²) in [6, 6.07) is 22.9. The van der Waals surface area contributed by atoms with Crippen molar-refractivity contribution in [1.82, 2.24) is 10.6 Å². The van der Waals surface area contributed by atoms with Gasteiger partial charge < -0.3 is 27.0 Å². The molecule has 4 amide bonds. The Morgan fingerprint density at radius 3 is 2.32 bits per heavy atom. The molecular formula is C28H27N5O3S. The van der Waals surface area contributed by atoms with Crippen molar-refractivity contribution >= 4 is 46.2 Å². The van der Waals surface area contributed by atoms with Crippen molar-refractivity contribution in [2.75, 3.05) is 30.0 Å². The number of hydrogen-bond acceptors (Lipinski definition) is 5. The van der Waals surface area contributed by atoms with E-state index in [9.17, 15) is 14.4 Å². The number of nitrogens with one attached hydrogen (secondary N) is 4. The van der Waals surface area contributed by atoms with E-state index in [1.807, 2.05) is 47.2 Å². The average Bonchev–Trinajstić information content (AvgIpc) is 3.46. The smallest absolute Gasteiger partial charge is 0.314 e. The Kier molecular flexibility index (Phi) is 8.17. The Hall–Kier alpha value is -4.63. The van der Waals surface area contributed by atoms with E-state index in [2.05, 4.69) is 21.3 Å². The summed E-state index contributed by atoms with van der Waals surface area (Å²) < 4.78 is 0. The molecule has 1 aromatic heterocycles. The Bertz CT molecular complexity index is 1370. The Balaban J connectivity index is 1.50. The van der Waals surface area contributed by atoms with Crippen LogP contribution in [-0.4, -0.2) is 31.4 Å². The van der Waals surface area contributed by atoms with Crippen LogP contribution in [0, 0.1) is 0 Å². The monoisotopic (exact) mass is 513 g/mol. The number of nitrogen functional groups attached to an aromatic ring is 1. The second kappa shape index (κ2) is 11.9. The van der Waals surface area contributed by atoms with E-state index >= 15 is 0 Å². The molecular weight excluding hydrogens is 486 g/mol. The highest BCUT2D eigenvalue weighted by Gasteiger charge is 2.22. The molecule has 0 saturated carbocycles. The third kappa shape index (κ3) is 6.53. The van der Waals surface area contributed by atoms with Crippen LogP contribution in [0.3, 0.4) is 0 Å². The van der Waals surface area contributed by atoms with Gasteiger partial charge in [-0.2, -0.15) is 11.3 Å². The molecule has 6 N–H and O–H groups in total. The number of carbonyl (C=O) groups is 3. The lowest BCUT2D eigenvalue weighted by molar-refractivity contribution is -0.117. The van der Waals surface area contributed by atoms with Crippen LogP contribution in [0.15, 0.2) is 89.6 Å². The number of rotatable bonds is 8. The largest absolute Gasteiger partial charge is 0.397 e. The first kappa shape index (κ1) is 25.5. The Morgan fingerprint density at radius 1 is 0.892 bits per heavy atom. The minimum absolute atomic E-state index is 0.0792. The molecule has 3 aromatic carbocycles. The molecule has 37 heavy (non-hydrogen) atoms. The van der Waals surface area contributed by atoms with Crippen LogP contribution in [0.4, 0.5) is 21.9 Å². The van der Waals surface area contributed by atoms with Crippen LogP contribution in [0.5, 0.6) is 0 Å². The number of benzene rings is 3. The van der Waals surface area contributed by atoms with E-state index in [1.54, 1.807) is 53.8 Å². The van der Waals surface area contributed by atoms with Crippen molar-refractivity contribution in [1.29, 1.82) is 0 Å². The SMILES string of the molecule is CNC(=O)NCC(C(=O)Nc1ccccc1)c1ccc(C(=O)Nc2cc(-c3ccsc3)ccc2N)cc1. The zero-order chi connectivity index (χ0) is 26.2. The lowest BCUT2D eigenvalue weighted by Crippen LogP contribution is -2.38. The van der Waals surface area contributed by atoms with Gasteiger partial charge in [0.05, 0.1) is 17.3 Å². The topological polar surface area (TPSA) is 125 Å². The fraction of sp³-hybridized carbons (Fsp3) is 0.107. The molecule has 1 atom stereocenters. The van der Waals surface area contributed by atoms with Gasteiger partial charge in [0, 0.05) is 24.8 Å². The lowest BCUT2D eigenvalue weighted by atomic mass is 9.96. The van der Waals surface area contributed by atoms with Crippen LogP contribution in [-0.2, 0) is 4.79 Å². The molecule has 8 nitrogen and oxygen atoms in total. The average molecular weight is 514 g/mol. The molecule has 4 aromatic rings. The summed E-state index contributed by atoms with van der Waals surface area (Å²) in [4.78, 5) is 37.8. The highest BCUT2D eigenvalue weighted by molar-refractivity contribution is 7.08. The number of amides is 4. The van der Waals surface area contributed by atoms with Crippen LogP contribution < -0.4 is 27.0 Å². The van der Waals surface area contributed by atoms with Crippen molar-refractivity contribution in [3.8, 4) is 11.1 Å². The maximum absolute atomic E-state index is 13.1. The van der Waals surface area contributed by atoms with Gasteiger partial charge in [0.1, 0.15) is 0 Å². The maximum Gasteiger partial charge on any atom is 0.314 e. The summed E-state index contributed by atoms with van der Waals surface area (Å²) in [7, 11) is 1.50. The van der Waals surface area contributed by atoms with Gasteiger partial charge in [-0.25, -0.2) is 4.79 Å². The standard InChI is InChI=1S/C28H27N5O3S/c1-30-28(36)31-16-23(27(35)32-22-5-3-2-4-6-22)18-7-9-19(10-8-18)26(34)33-25-15-20(11-12-24(25)29)21-13-14-37-17-21/h2-15,17,23H,16,29H2,1H3,(H,32,35)(H,33,34)(H2,30,31,36). The minimum atomic E-state index is -0.674.